The second kappa shape index (κ2) is 8.28. The molecule has 2 N–H and O–H groups in total. The SMILES string of the molecule is CNC(=O)c1cc2c(nc1NCC(C)C)CCN(c1ncc(F)cn1)CC2. The number of hydrogen-bond acceptors (Lipinski definition) is 6. The summed E-state index contributed by atoms with van der Waals surface area (Å²) in [5.74, 6) is 0.963. The summed E-state index contributed by atoms with van der Waals surface area (Å²) in [6.45, 7) is 6.33. The zero-order valence-corrected chi connectivity index (χ0v) is 15.9. The first-order valence-electron chi connectivity index (χ1n) is 9.19. The molecule has 3 heterocycles. The minimum absolute atomic E-state index is 0.153. The molecule has 0 spiro atoms. The number of nitrogens with zero attached hydrogens (tertiary/aromatic N) is 4. The number of fused-ring (bicyclic) bond motifs is 1. The van der Waals surface area contributed by atoms with Crippen LogP contribution in [0, 0.1) is 11.7 Å². The molecule has 0 fully saturated rings. The van der Waals surface area contributed by atoms with Crippen molar-refractivity contribution in [2.24, 2.45) is 5.92 Å². The van der Waals surface area contributed by atoms with Gasteiger partial charge in [0.2, 0.25) is 5.95 Å². The van der Waals surface area contributed by atoms with Crippen molar-refractivity contribution in [3.63, 3.8) is 0 Å². The zero-order chi connectivity index (χ0) is 19.4. The van der Waals surface area contributed by atoms with Crippen LogP contribution in [-0.4, -0.2) is 47.5 Å². The van der Waals surface area contributed by atoms with E-state index in [0.29, 0.717) is 42.8 Å². The van der Waals surface area contributed by atoms with Gasteiger partial charge in [-0.15, -0.1) is 0 Å². The van der Waals surface area contributed by atoms with Crippen LogP contribution in [0.3, 0.4) is 0 Å². The molecule has 0 saturated carbocycles. The molecule has 0 aliphatic carbocycles. The van der Waals surface area contributed by atoms with E-state index in [4.69, 9.17) is 4.98 Å². The molecule has 1 aliphatic rings. The highest BCUT2D eigenvalue weighted by Crippen LogP contribution is 2.23. The van der Waals surface area contributed by atoms with Gasteiger partial charge in [0, 0.05) is 38.8 Å². The van der Waals surface area contributed by atoms with E-state index in [1.807, 2.05) is 11.0 Å². The Bertz CT molecular complexity index is 809. The first-order valence-corrected chi connectivity index (χ1v) is 9.19. The van der Waals surface area contributed by atoms with E-state index in [9.17, 15) is 9.18 Å². The lowest BCUT2D eigenvalue weighted by Gasteiger charge is -2.19. The summed E-state index contributed by atoms with van der Waals surface area (Å²) in [5, 5.41) is 5.98. The molecule has 144 valence electrons. The van der Waals surface area contributed by atoms with Gasteiger partial charge in [-0.1, -0.05) is 13.8 Å². The lowest BCUT2D eigenvalue weighted by Crippen LogP contribution is -2.27. The molecular formula is C19H25FN6O. The lowest BCUT2D eigenvalue weighted by molar-refractivity contribution is 0.0963. The summed E-state index contributed by atoms with van der Waals surface area (Å²) in [6, 6.07) is 1.93. The predicted octanol–water partition coefficient (Wildman–Crippen LogP) is 2.04. The van der Waals surface area contributed by atoms with Gasteiger partial charge in [-0.25, -0.2) is 19.3 Å². The third-order valence-electron chi connectivity index (χ3n) is 4.50. The van der Waals surface area contributed by atoms with Gasteiger partial charge in [-0.3, -0.25) is 4.79 Å². The predicted molar refractivity (Wildman–Crippen MR) is 103 cm³/mol. The van der Waals surface area contributed by atoms with Crippen molar-refractivity contribution in [1.82, 2.24) is 20.3 Å². The van der Waals surface area contributed by atoms with Crippen LogP contribution >= 0.6 is 0 Å². The Morgan fingerprint density at radius 2 is 1.96 bits per heavy atom. The fraction of sp³-hybridized carbons (Fsp3) is 0.474. The van der Waals surface area contributed by atoms with Gasteiger partial charge < -0.3 is 15.5 Å². The summed E-state index contributed by atoms with van der Waals surface area (Å²) in [4.78, 5) is 27.2. The number of anilines is 2. The molecule has 2 aromatic rings. The third-order valence-corrected chi connectivity index (χ3v) is 4.50. The summed E-state index contributed by atoms with van der Waals surface area (Å²) in [7, 11) is 1.62. The Morgan fingerprint density at radius 1 is 1.26 bits per heavy atom. The molecule has 8 heteroatoms. The van der Waals surface area contributed by atoms with Gasteiger partial charge in [0.25, 0.3) is 5.91 Å². The molecule has 7 nitrogen and oxygen atoms in total. The molecule has 0 unspecified atom stereocenters. The fourth-order valence-corrected chi connectivity index (χ4v) is 3.05. The summed E-state index contributed by atoms with van der Waals surface area (Å²) < 4.78 is 13.1. The van der Waals surface area contributed by atoms with Gasteiger partial charge in [0.05, 0.1) is 18.0 Å². The topological polar surface area (TPSA) is 83.0 Å². The zero-order valence-electron chi connectivity index (χ0n) is 15.9. The summed E-state index contributed by atoms with van der Waals surface area (Å²) >= 11 is 0. The first-order chi connectivity index (χ1) is 13.0. The van der Waals surface area contributed by atoms with Crippen LogP contribution in [0.2, 0.25) is 0 Å². The molecule has 0 aromatic carbocycles. The van der Waals surface area contributed by atoms with Crippen molar-refractivity contribution in [1.29, 1.82) is 0 Å². The Balaban J connectivity index is 1.86. The van der Waals surface area contributed by atoms with Crippen LogP contribution in [-0.2, 0) is 12.8 Å². The third kappa shape index (κ3) is 4.50. The van der Waals surface area contributed by atoms with E-state index in [1.165, 1.54) is 12.4 Å². The summed E-state index contributed by atoms with van der Waals surface area (Å²) in [5.41, 5.74) is 2.58. The van der Waals surface area contributed by atoms with E-state index in [2.05, 4.69) is 34.4 Å². The van der Waals surface area contributed by atoms with Crippen molar-refractivity contribution in [2.75, 3.05) is 36.9 Å². The normalized spacial score (nSPS) is 13.9. The Labute approximate surface area is 158 Å². The van der Waals surface area contributed by atoms with Gasteiger partial charge >= 0.3 is 0 Å². The molecule has 0 atom stereocenters. The monoisotopic (exact) mass is 372 g/mol. The van der Waals surface area contributed by atoms with Crippen LogP contribution < -0.4 is 15.5 Å². The molecule has 3 rings (SSSR count). The molecular weight excluding hydrogens is 347 g/mol. The number of halogens is 1. The van der Waals surface area contributed by atoms with Crippen LogP contribution in [0.5, 0.6) is 0 Å². The highest BCUT2D eigenvalue weighted by molar-refractivity contribution is 5.98. The number of hydrogen-bond donors (Lipinski definition) is 2. The first kappa shape index (κ1) is 19.0. The maximum atomic E-state index is 13.1. The van der Waals surface area contributed by atoms with E-state index < -0.39 is 5.82 Å². The number of pyridine rings is 1. The van der Waals surface area contributed by atoms with Gasteiger partial charge in [-0.2, -0.15) is 0 Å². The Kier molecular flexibility index (Phi) is 5.83. The molecule has 1 amide bonds. The van der Waals surface area contributed by atoms with Gasteiger partial charge in [-0.05, 0) is 24.0 Å². The van der Waals surface area contributed by atoms with E-state index in [0.717, 1.165) is 24.2 Å². The van der Waals surface area contributed by atoms with E-state index in [-0.39, 0.29) is 5.91 Å². The van der Waals surface area contributed by atoms with Gasteiger partial charge in [0.15, 0.2) is 5.82 Å². The van der Waals surface area contributed by atoms with Crippen LogP contribution in [0.4, 0.5) is 16.2 Å². The Hall–Kier alpha value is -2.77. The van der Waals surface area contributed by atoms with Crippen LogP contribution in [0.25, 0.3) is 0 Å². The average Bonchev–Trinajstić information content (AvgIpc) is 2.87. The average molecular weight is 372 g/mol. The molecule has 27 heavy (non-hydrogen) atoms. The summed E-state index contributed by atoms with van der Waals surface area (Å²) in [6.07, 6.45) is 3.78. The maximum absolute atomic E-state index is 13.1. The van der Waals surface area contributed by atoms with Crippen molar-refractivity contribution >= 4 is 17.7 Å². The smallest absolute Gasteiger partial charge is 0.254 e. The Morgan fingerprint density at radius 3 is 2.63 bits per heavy atom. The number of carbonyl (C=O) groups excluding carboxylic acids is 1. The minimum atomic E-state index is -0.449. The number of nitrogens with one attached hydrogen (secondary N) is 2. The van der Waals surface area contributed by atoms with Crippen molar-refractivity contribution in [2.45, 2.75) is 26.7 Å². The molecule has 2 aromatic heterocycles. The number of amides is 1. The lowest BCUT2D eigenvalue weighted by atomic mass is 10.0. The number of aromatic nitrogens is 3. The second-order valence-electron chi connectivity index (χ2n) is 7.03. The fourth-order valence-electron chi connectivity index (χ4n) is 3.05. The highest BCUT2D eigenvalue weighted by Gasteiger charge is 2.21. The van der Waals surface area contributed by atoms with Crippen LogP contribution in [0.15, 0.2) is 18.5 Å². The number of carbonyl (C=O) groups is 1. The quantitative estimate of drug-likeness (QED) is 0.836. The molecule has 1 aliphatic heterocycles. The van der Waals surface area contributed by atoms with E-state index >= 15 is 0 Å². The molecule has 0 saturated heterocycles. The molecule has 0 bridgehead atoms. The standard InChI is InChI=1S/C19H25FN6O/c1-12(2)9-22-17-15(18(27)21-3)8-13-4-6-26(7-5-16(13)25-17)19-23-10-14(20)11-24-19/h8,10-12H,4-7,9H2,1-3H3,(H,21,27)(H,22,25). The second-order valence-corrected chi connectivity index (χ2v) is 7.03. The maximum Gasteiger partial charge on any atom is 0.254 e. The van der Waals surface area contributed by atoms with Crippen molar-refractivity contribution < 1.29 is 9.18 Å². The number of rotatable bonds is 5. The van der Waals surface area contributed by atoms with Crippen molar-refractivity contribution in [3.8, 4) is 0 Å². The minimum Gasteiger partial charge on any atom is -0.369 e. The highest BCUT2D eigenvalue weighted by atomic mass is 19.1. The van der Waals surface area contributed by atoms with E-state index in [1.54, 1.807) is 7.05 Å². The van der Waals surface area contributed by atoms with Crippen molar-refractivity contribution in [3.05, 3.63) is 41.1 Å². The molecule has 0 radical (unpaired) electrons. The largest absolute Gasteiger partial charge is 0.369 e. The van der Waals surface area contributed by atoms with Crippen LogP contribution in [0.1, 0.15) is 35.5 Å². The van der Waals surface area contributed by atoms with Gasteiger partial charge in [0.1, 0.15) is 5.82 Å².